The summed E-state index contributed by atoms with van der Waals surface area (Å²) in [6.07, 6.45) is 6.73. The predicted octanol–water partition coefficient (Wildman–Crippen LogP) is 3.91. The number of rotatable bonds is 13. The van der Waals surface area contributed by atoms with Crippen LogP contribution in [0.15, 0.2) is 49.6 Å². The van der Waals surface area contributed by atoms with Crippen molar-refractivity contribution in [1.82, 2.24) is 4.90 Å². The molecule has 2 bridgehead atoms. The summed E-state index contributed by atoms with van der Waals surface area (Å²) in [5.41, 5.74) is -1.55. The fraction of sp³-hybridized carbons (Fsp3) is 0.552. The number of halogens is 1. The van der Waals surface area contributed by atoms with Gasteiger partial charge in [0.15, 0.2) is 0 Å². The third-order valence-corrected chi connectivity index (χ3v) is 8.41. The SMILES string of the molecule is C=CCCCOC(=O)[C@@H]1[C@H]2C(=O)N(CCCCO)C(C(=O)N(CC=C)c3ccccc3Cl)C23CC[C@@]1(C)O3. The first-order valence-electron chi connectivity index (χ1n) is 13.3. The first-order chi connectivity index (χ1) is 18.3. The van der Waals surface area contributed by atoms with E-state index in [-0.39, 0.29) is 38.1 Å². The van der Waals surface area contributed by atoms with E-state index in [0.29, 0.717) is 49.2 Å². The minimum atomic E-state index is -1.16. The third-order valence-electron chi connectivity index (χ3n) is 8.09. The summed E-state index contributed by atoms with van der Waals surface area (Å²) < 4.78 is 12.2. The van der Waals surface area contributed by atoms with Gasteiger partial charge in [-0.2, -0.15) is 0 Å². The van der Waals surface area contributed by atoms with Crippen molar-refractivity contribution in [2.24, 2.45) is 11.8 Å². The van der Waals surface area contributed by atoms with Gasteiger partial charge in [-0.3, -0.25) is 14.4 Å². The van der Waals surface area contributed by atoms with Gasteiger partial charge < -0.3 is 24.4 Å². The predicted molar refractivity (Wildman–Crippen MR) is 145 cm³/mol. The van der Waals surface area contributed by atoms with Crippen molar-refractivity contribution < 1.29 is 29.0 Å². The van der Waals surface area contributed by atoms with Gasteiger partial charge in [0, 0.05) is 19.7 Å². The van der Waals surface area contributed by atoms with Crippen LogP contribution >= 0.6 is 11.6 Å². The summed E-state index contributed by atoms with van der Waals surface area (Å²) in [6.45, 7) is 10.0. The number of likely N-dealkylation sites (tertiary alicyclic amines) is 1. The first kappa shape index (κ1) is 28.3. The highest BCUT2D eigenvalue weighted by Crippen LogP contribution is 2.63. The van der Waals surface area contributed by atoms with E-state index >= 15 is 0 Å². The molecule has 1 aromatic rings. The van der Waals surface area contributed by atoms with Crippen molar-refractivity contribution >= 4 is 35.1 Å². The molecule has 0 aromatic heterocycles. The molecule has 0 aliphatic carbocycles. The van der Waals surface area contributed by atoms with Gasteiger partial charge in [0.2, 0.25) is 5.91 Å². The van der Waals surface area contributed by atoms with Crippen LogP contribution in [0.3, 0.4) is 0 Å². The number of anilines is 1. The van der Waals surface area contributed by atoms with E-state index in [4.69, 9.17) is 21.1 Å². The number of esters is 1. The molecule has 206 valence electrons. The molecule has 4 rings (SSSR count). The molecule has 0 saturated carbocycles. The second-order valence-corrected chi connectivity index (χ2v) is 10.9. The largest absolute Gasteiger partial charge is 0.465 e. The van der Waals surface area contributed by atoms with Crippen LogP contribution in [0.25, 0.3) is 0 Å². The Hall–Kier alpha value is -2.68. The highest BCUT2D eigenvalue weighted by Gasteiger charge is 2.78. The maximum absolute atomic E-state index is 14.4. The number of para-hydroxylation sites is 1. The number of aliphatic hydroxyl groups excluding tert-OH is 1. The van der Waals surface area contributed by atoms with Gasteiger partial charge in [0.25, 0.3) is 5.91 Å². The normalized spacial score (nSPS) is 29.3. The number of carbonyl (C=O) groups is 3. The van der Waals surface area contributed by atoms with Gasteiger partial charge in [-0.05, 0) is 57.6 Å². The minimum Gasteiger partial charge on any atom is -0.465 e. The molecule has 2 amide bonds. The molecule has 3 heterocycles. The Morgan fingerprint density at radius 2 is 2.00 bits per heavy atom. The Kier molecular flexibility index (Phi) is 8.65. The van der Waals surface area contributed by atoms with Crippen LogP contribution in [-0.4, -0.2) is 71.3 Å². The molecule has 1 N–H and O–H groups in total. The standard InChI is InChI=1S/C29H37ClN2O6/c1-4-6-11-19-37-27(36)23-22-25(34)32(17-9-10-18-33)24(29(22)15-14-28(23,3)38-29)26(35)31(16-5-2)21-13-8-7-12-20(21)30/h4-5,7-8,12-13,22-24,33H,1-2,6,9-11,14-19H2,3H3/t22-,23-,24?,28+,29?/m0/s1. The molecule has 8 nitrogen and oxygen atoms in total. The Balaban J connectivity index is 1.73. The van der Waals surface area contributed by atoms with Gasteiger partial charge in [-0.1, -0.05) is 35.9 Å². The van der Waals surface area contributed by atoms with Crippen molar-refractivity contribution in [3.63, 3.8) is 0 Å². The van der Waals surface area contributed by atoms with Crippen molar-refractivity contribution in [2.45, 2.75) is 62.7 Å². The van der Waals surface area contributed by atoms with Crippen LogP contribution in [0, 0.1) is 11.8 Å². The Morgan fingerprint density at radius 1 is 1.24 bits per heavy atom. The maximum atomic E-state index is 14.4. The zero-order valence-corrected chi connectivity index (χ0v) is 22.7. The highest BCUT2D eigenvalue weighted by atomic mass is 35.5. The summed E-state index contributed by atoms with van der Waals surface area (Å²) in [4.78, 5) is 44.9. The van der Waals surface area contributed by atoms with Gasteiger partial charge in [0.1, 0.15) is 17.6 Å². The molecule has 9 heteroatoms. The second-order valence-electron chi connectivity index (χ2n) is 10.5. The van der Waals surface area contributed by atoms with E-state index in [9.17, 15) is 19.5 Å². The molecule has 38 heavy (non-hydrogen) atoms. The van der Waals surface area contributed by atoms with Crippen LogP contribution in [0.1, 0.15) is 45.4 Å². The number of allylic oxidation sites excluding steroid dienone is 1. The van der Waals surface area contributed by atoms with Gasteiger partial charge in [-0.15, -0.1) is 13.2 Å². The molecule has 3 saturated heterocycles. The van der Waals surface area contributed by atoms with Crippen LogP contribution in [0.5, 0.6) is 0 Å². The van der Waals surface area contributed by atoms with E-state index in [1.54, 1.807) is 41.3 Å². The third kappa shape index (κ3) is 4.78. The monoisotopic (exact) mass is 544 g/mol. The average molecular weight is 545 g/mol. The lowest BCUT2D eigenvalue weighted by molar-refractivity contribution is -0.159. The van der Waals surface area contributed by atoms with E-state index < -0.39 is 35.0 Å². The summed E-state index contributed by atoms with van der Waals surface area (Å²) >= 11 is 6.48. The number of amides is 2. The molecule has 3 fully saturated rings. The van der Waals surface area contributed by atoms with E-state index in [1.807, 2.05) is 6.92 Å². The smallest absolute Gasteiger partial charge is 0.312 e. The molecule has 3 aliphatic heterocycles. The van der Waals surface area contributed by atoms with Gasteiger partial charge in [0.05, 0.1) is 28.8 Å². The lowest BCUT2D eigenvalue weighted by Crippen LogP contribution is -2.56. The van der Waals surface area contributed by atoms with Crippen LogP contribution < -0.4 is 4.90 Å². The first-order valence-corrected chi connectivity index (χ1v) is 13.7. The topological polar surface area (TPSA) is 96.4 Å². The highest BCUT2D eigenvalue weighted by molar-refractivity contribution is 6.34. The van der Waals surface area contributed by atoms with Gasteiger partial charge >= 0.3 is 5.97 Å². The van der Waals surface area contributed by atoms with Crippen LogP contribution in [0.4, 0.5) is 5.69 Å². The number of ether oxygens (including phenoxy) is 2. The Morgan fingerprint density at radius 3 is 2.68 bits per heavy atom. The Labute approximate surface area is 229 Å². The molecule has 3 aliphatic rings. The van der Waals surface area contributed by atoms with Gasteiger partial charge in [-0.25, -0.2) is 0 Å². The number of fused-ring (bicyclic) bond motifs is 1. The van der Waals surface area contributed by atoms with Crippen molar-refractivity contribution in [1.29, 1.82) is 0 Å². The molecule has 5 atom stereocenters. The number of hydrogen-bond donors (Lipinski definition) is 1. The summed E-state index contributed by atoms with van der Waals surface area (Å²) in [7, 11) is 0. The number of aliphatic hydroxyl groups is 1. The molecule has 0 radical (unpaired) electrons. The zero-order valence-electron chi connectivity index (χ0n) is 21.9. The van der Waals surface area contributed by atoms with Crippen molar-refractivity contribution in [3.05, 3.63) is 54.6 Å². The molecule has 2 unspecified atom stereocenters. The number of hydrogen-bond acceptors (Lipinski definition) is 6. The molecule has 1 aromatic carbocycles. The molecule has 1 spiro atoms. The minimum absolute atomic E-state index is 0.0222. The number of unbranched alkanes of at least 4 members (excludes halogenated alkanes) is 2. The van der Waals surface area contributed by atoms with Crippen LogP contribution in [0.2, 0.25) is 5.02 Å². The van der Waals surface area contributed by atoms with Crippen molar-refractivity contribution in [3.8, 4) is 0 Å². The number of carbonyl (C=O) groups excluding carboxylic acids is 3. The number of benzene rings is 1. The second kappa shape index (κ2) is 11.6. The lowest BCUT2D eigenvalue weighted by atomic mass is 9.66. The summed E-state index contributed by atoms with van der Waals surface area (Å²) in [5.74, 6) is -2.71. The Bertz CT molecular complexity index is 1090. The van der Waals surface area contributed by atoms with E-state index in [1.165, 1.54) is 4.90 Å². The molecular weight excluding hydrogens is 508 g/mol. The van der Waals surface area contributed by atoms with E-state index in [0.717, 1.165) is 0 Å². The zero-order chi connectivity index (χ0) is 27.5. The lowest BCUT2D eigenvalue weighted by Gasteiger charge is -2.37. The summed E-state index contributed by atoms with van der Waals surface area (Å²) in [6, 6.07) is 6.09. The number of nitrogens with zero attached hydrogens (tertiary/aromatic N) is 2. The summed E-state index contributed by atoms with van der Waals surface area (Å²) in [5, 5.41) is 9.76. The maximum Gasteiger partial charge on any atom is 0.312 e. The van der Waals surface area contributed by atoms with Crippen molar-refractivity contribution in [2.75, 3.05) is 31.2 Å². The average Bonchev–Trinajstić information content (AvgIpc) is 3.46. The molecular formula is C29H37ClN2O6. The fourth-order valence-electron chi connectivity index (χ4n) is 6.44. The van der Waals surface area contributed by atoms with Crippen LogP contribution in [-0.2, 0) is 23.9 Å². The van der Waals surface area contributed by atoms with E-state index in [2.05, 4.69) is 13.2 Å². The quantitative estimate of drug-likeness (QED) is 0.230. The fourth-order valence-corrected chi connectivity index (χ4v) is 6.68.